The van der Waals surface area contributed by atoms with Crippen LogP contribution in [-0.4, -0.2) is 16.5 Å². The Labute approximate surface area is 125 Å². The molecule has 0 aromatic heterocycles. The summed E-state index contributed by atoms with van der Waals surface area (Å²) in [5.74, 6) is 0. The Hall–Kier alpha value is 0.394. The molecule has 0 unspecified atom stereocenters. The van der Waals surface area contributed by atoms with Crippen LogP contribution < -0.4 is 4.65 Å². The van der Waals surface area contributed by atoms with Crippen LogP contribution in [0.2, 0.25) is 36.3 Å². The molecule has 0 radical (unpaired) electrons. The molecule has 0 saturated carbocycles. The fraction of sp³-hybridized carbons (Fsp3) is 1.00. The molecule has 3 heteroatoms. The molecule has 19 heavy (non-hydrogen) atoms. The summed E-state index contributed by atoms with van der Waals surface area (Å²) in [7, 11) is -2.36. The molecule has 0 fully saturated rings. The lowest BCUT2D eigenvalue weighted by atomic mass is 10.4. The van der Waals surface area contributed by atoms with Gasteiger partial charge in [-0.2, -0.15) is 0 Å². The maximum absolute atomic E-state index is 4.43. The van der Waals surface area contributed by atoms with Gasteiger partial charge in [-0.1, -0.05) is 67.2 Å². The minimum absolute atomic E-state index is 1.18. The zero-order valence-corrected chi connectivity index (χ0v) is 16.6. The van der Waals surface area contributed by atoms with E-state index < -0.39 is 16.5 Å². The van der Waals surface area contributed by atoms with Crippen LogP contribution in [0.1, 0.15) is 67.2 Å². The van der Waals surface area contributed by atoms with Gasteiger partial charge in [0.15, 0.2) is 0 Å². The third kappa shape index (κ3) is 6.13. The second kappa shape index (κ2) is 10.2. The zero-order valence-electron chi connectivity index (χ0n) is 14.6. The van der Waals surface area contributed by atoms with Gasteiger partial charge in [0.25, 0.3) is 0 Å². The molecule has 0 rings (SSSR count). The second-order valence-corrected chi connectivity index (χ2v) is 16.3. The lowest BCUT2D eigenvalue weighted by Gasteiger charge is -2.42. The SMILES string of the molecule is CCCC[Si](CC)(CC)N[Si](CC)(CC)CCCC. The molecule has 0 bridgehead atoms. The summed E-state index contributed by atoms with van der Waals surface area (Å²) in [6.07, 6.45) is 5.59. The molecule has 0 aliphatic rings. The van der Waals surface area contributed by atoms with E-state index in [0.29, 0.717) is 0 Å². The quantitative estimate of drug-likeness (QED) is 0.426. The molecule has 0 heterocycles. The van der Waals surface area contributed by atoms with Crippen molar-refractivity contribution in [3.63, 3.8) is 0 Å². The van der Waals surface area contributed by atoms with Gasteiger partial charge in [-0.3, -0.25) is 0 Å². The molecule has 0 spiro atoms. The van der Waals surface area contributed by atoms with E-state index >= 15 is 0 Å². The first kappa shape index (κ1) is 19.4. The summed E-state index contributed by atoms with van der Waals surface area (Å²) in [4.78, 5) is 0. The standard InChI is InChI=1S/C16H39NSi2/c1-7-13-15-18(9-3,10-4)17-19(11-5,12-6)16-14-8-2/h17H,7-16H2,1-6H3. The molecule has 0 saturated heterocycles. The average Bonchev–Trinajstić information content (AvgIpc) is 2.48. The molecule has 0 aliphatic carbocycles. The van der Waals surface area contributed by atoms with Crippen molar-refractivity contribution >= 4 is 16.5 Å². The third-order valence-corrected chi connectivity index (χ3v) is 17.5. The van der Waals surface area contributed by atoms with E-state index in [9.17, 15) is 0 Å². The Morgan fingerprint density at radius 1 is 0.579 bits per heavy atom. The minimum atomic E-state index is -1.18. The van der Waals surface area contributed by atoms with Crippen LogP contribution in [0.15, 0.2) is 0 Å². The first-order valence-corrected chi connectivity index (χ1v) is 14.1. The van der Waals surface area contributed by atoms with Gasteiger partial charge in [-0.25, -0.2) is 0 Å². The minimum Gasteiger partial charge on any atom is -0.359 e. The normalized spacial score (nSPS) is 12.9. The number of hydrogen-bond donors (Lipinski definition) is 1. The van der Waals surface area contributed by atoms with Crippen molar-refractivity contribution in [1.29, 1.82) is 0 Å². The lowest BCUT2D eigenvalue weighted by Crippen LogP contribution is -2.63. The van der Waals surface area contributed by atoms with Crippen LogP contribution in [0.5, 0.6) is 0 Å². The van der Waals surface area contributed by atoms with Crippen LogP contribution >= 0.6 is 0 Å². The summed E-state index contributed by atoms with van der Waals surface area (Å²) in [6.45, 7) is 14.5. The lowest BCUT2D eigenvalue weighted by molar-refractivity contribution is 0.827. The maximum Gasteiger partial charge on any atom is 0.118 e. The zero-order chi connectivity index (χ0) is 14.8. The third-order valence-electron chi connectivity index (χ3n) is 5.26. The highest BCUT2D eigenvalue weighted by Crippen LogP contribution is 2.28. The Kier molecular flexibility index (Phi) is 10.4. The molecule has 0 aliphatic heterocycles. The molecule has 1 N–H and O–H groups in total. The van der Waals surface area contributed by atoms with Gasteiger partial charge in [0.05, 0.1) is 0 Å². The molecule has 0 amide bonds. The summed E-state index contributed by atoms with van der Waals surface area (Å²) < 4.78 is 4.43. The van der Waals surface area contributed by atoms with Crippen LogP contribution in [0.4, 0.5) is 0 Å². The molecule has 116 valence electrons. The Morgan fingerprint density at radius 3 is 1.11 bits per heavy atom. The van der Waals surface area contributed by atoms with Gasteiger partial charge in [0.2, 0.25) is 0 Å². The van der Waals surface area contributed by atoms with Crippen molar-refractivity contribution < 1.29 is 0 Å². The van der Waals surface area contributed by atoms with Gasteiger partial charge >= 0.3 is 0 Å². The van der Waals surface area contributed by atoms with Crippen molar-refractivity contribution in [3.8, 4) is 0 Å². The Morgan fingerprint density at radius 2 is 0.895 bits per heavy atom. The van der Waals surface area contributed by atoms with Crippen LogP contribution in [0.3, 0.4) is 0 Å². The van der Waals surface area contributed by atoms with E-state index in [1.807, 2.05) is 0 Å². The molecule has 0 atom stereocenters. The highest BCUT2D eigenvalue weighted by Gasteiger charge is 2.38. The first-order valence-electron chi connectivity index (χ1n) is 8.86. The smallest absolute Gasteiger partial charge is 0.118 e. The predicted molar refractivity (Wildman–Crippen MR) is 96.0 cm³/mol. The number of unbranched alkanes of at least 4 members (excludes halogenated alkanes) is 2. The predicted octanol–water partition coefficient (Wildman–Crippen LogP) is 6.15. The molecular weight excluding hydrogens is 262 g/mol. The van der Waals surface area contributed by atoms with E-state index in [1.165, 1.54) is 61.9 Å². The second-order valence-electron chi connectivity index (χ2n) is 6.31. The topological polar surface area (TPSA) is 12.0 Å². The Balaban J connectivity index is 4.90. The van der Waals surface area contributed by atoms with Crippen LogP contribution in [0.25, 0.3) is 0 Å². The number of nitrogens with one attached hydrogen (secondary N) is 1. The van der Waals surface area contributed by atoms with Crippen molar-refractivity contribution in [1.82, 2.24) is 4.65 Å². The summed E-state index contributed by atoms with van der Waals surface area (Å²) in [5, 5.41) is 0. The van der Waals surface area contributed by atoms with Crippen molar-refractivity contribution in [2.24, 2.45) is 0 Å². The fourth-order valence-corrected chi connectivity index (χ4v) is 16.1. The van der Waals surface area contributed by atoms with E-state index in [4.69, 9.17) is 0 Å². The summed E-state index contributed by atoms with van der Waals surface area (Å²) in [5.41, 5.74) is 0. The van der Waals surface area contributed by atoms with Gasteiger partial charge in [0.1, 0.15) is 16.5 Å². The van der Waals surface area contributed by atoms with Crippen molar-refractivity contribution in [2.75, 3.05) is 0 Å². The number of hydrogen-bond acceptors (Lipinski definition) is 1. The summed E-state index contributed by atoms with van der Waals surface area (Å²) >= 11 is 0. The van der Waals surface area contributed by atoms with E-state index in [0.717, 1.165) is 0 Å². The highest BCUT2D eigenvalue weighted by atomic mass is 28.4. The van der Waals surface area contributed by atoms with Gasteiger partial charge in [-0.15, -0.1) is 0 Å². The first-order chi connectivity index (χ1) is 9.07. The monoisotopic (exact) mass is 301 g/mol. The largest absolute Gasteiger partial charge is 0.359 e. The van der Waals surface area contributed by atoms with E-state index in [-0.39, 0.29) is 0 Å². The van der Waals surface area contributed by atoms with E-state index in [2.05, 4.69) is 46.2 Å². The Bertz CT molecular complexity index is 189. The fourth-order valence-electron chi connectivity index (χ4n) is 3.28. The highest BCUT2D eigenvalue weighted by molar-refractivity contribution is 6.93. The summed E-state index contributed by atoms with van der Waals surface area (Å²) in [6, 6.07) is 8.76. The maximum atomic E-state index is 4.43. The molecular formula is C16H39NSi2. The van der Waals surface area contributed by atoms with Crippen molar-refractivity contribution in [2.45, 2.75) is 103 Å². The van der Waals surface area contributed by atoms with Gasteiger partial charge in [0, 0.05) is 0 Å². The molecule has 0 aromatic carbocycles. The van der Waals surface area contributed by atoms with E-state index in [1.54, 1.807) is 0 Å². The molecule has 1 nitrogen and oxygen atoms in total. The molecule has 0 aromatic rings. The number of rotatable bonds is 12. The van der Waals surface area contributed by atoms with Gasteiger partial charge in [-0.05, 0) is 36.3 Å². The van der Waals surface area contributed by atoms with Crippen LogP contribution in [0, 0.1) is 0 Å². The average molecular weight is 302 g/mol. The van der Waals surface area contributed by atoms with Gasteiger partial charge < -0.3 is 4.65 Å². The van der Waals surface area contributed by atoms with Crippen molar-refractivity contribution in [3.05, 3.63) is 0 Å². The van der Waals surface area contributed by atoms with Crippen LogP contribution in [-0.2, 0) is 0 Å².